The number of carbonyl (C=O) groups excluding carboxylic acids is 3. The van der Waals surface area contributed by atoms with E-state index in [4.69, 9.17) is 14.2 Å². The van der Waals surface area contributed by atoms with Crippen molar-refractivity contribution in [2.45, 2.75) is 297 Å². The van der Waals surface area contributed by atoms with E-state index in [0.717, 1.165) is 77.0 Å². The van der Waals surface area contributed by atoms with Crippen molar-refractivity contribution in [3.05, 3.63) is 48.6 Å². The van der Waals surface area contributed by atoms with E-state index in [9.17, 15) is 14.4 Å². The lowest BCUT2D eigenvalue weighted by molar-refractivity contribution is -0.167. The molecule has 0 spiro atoms. The Labute approximate surface area is 403 Å². The SMILES string of the molecule is CCCCCCC/C=C\C/C=C\C/C=C\CCCCCCCCC(=O)OCC(COC(=O)CCCCCCCCCCC)OC(=O)CCCCCCCCC/C=C\CCCCCCCC. The summed E-state index contributed by atoms with van der Waals surface area (Å²) in [6.07, 6.45) is 65.3. The molecule has 0 heterocycles. The summed E-state index contributed by atoms with van der Waals surface area (Å²) in [7, 11) is 0. The second-order valence-electron chi connectivity index (χ2n) is 18.8. The van der Waals surface area contributed by atoms with Crippen molar-refractivity contribution in [3.63, 3.8) is 0 Å². The van der Waals surface area contributed by atoms with E-state index in [0.29, 0.717) is 19.3 Å². The van der Waals surface area contributed by atoms with Gasteiger partial charge in [-0.1, -0.05) is 236 Å². The van der Waals surface area contributed by atoms with Crippen molar-refractivity contribution in [3.8, 4) is 0 Å². The molecule has 0 fully saturated rings. The van der Waals surface area contributed by atoms with E-state index in [2.05, 4.69) is 69.4 Å². The Morgan fingerprint density at radius 3 is 0.877 bits per heavy atom. The minimum Gasteiger partial charge on any atom is -0.462 e. The first kappa shape index (κ1) is 62.4. The second kappa shape index (κ2) is 54.0. The average Bonchev–Trinajstić information content (AvgIpc) is 3.30. The number of ether oxygens (including phenoxy) is 3. The summed E-state index contributed by atoms with van der Waals surface area (Å²) in [5.74, 6) is -0.887. The number of rotatable bonds is 51. The van der Waals surface area contributed by atoms with Gasteiger partial charge < -0.3 is 14.2 Å². The molecule has 0 aromatic rings. The van der Waals surface area contributed by atoms with Gasteiger partial charge in [-0.05, 0) is 83.5 Å². The van der Waals surface area contributed by atoms with E-state index < -0.39 is 6.10 Å². The zero-order chi connectivity index (χ0) is 47.2. The molecule has 0 aromatic heterocycles. The number of carbonyl (C=O) groups is 3. The van der Waals surface area contributed by atoms with E-state index in [1.54, 1.807) is 0 Å². The maximum atomic E-state index is 12.8. The van der Waals surface area contributed by atoms with Crippen LogP contribution in [0.3, 0.4) is 0 Å². The molecule has 6 nitrogen and oxygen atoms in total. The third kappa shape index (κ3) is 52.2. The summed E-state index contributed by atoms with van der Waals surface area (Å²) in [4.78, 5) is 38.0. The van der Waals surface area contributed by atoms with Crippen LogP contribution in [0.25, 0.3) is 0 Å². The largest absolute Gasteiger partial charge is 0.462 e. The summed E-state index contributed by atoms with van der Waals surface area (Å²) < 4.78 is 16.8. The van der Waals surface area contributed by atoms with Crippen molar-refractivity contribution < 1.29 is 28.6 Å². The number of allylic oxidation sites excluding steroid dienone is 8. The highest BCUT2D eigenvalue weighted by molar-refractivity contribution is 5.71. The van der Waals surface area contributed by atoms with Gasteiger partial charge in [-0.3, -0.25) is 14.4 Å². The standard InChI is InChI=1S/C59H106O6/c1-4-7-10-13-16-19-21-23-25-27-28-29-30-32-33-35-37-40-43-46-49-52-58(61)64-55-56(54-63-57(60)51-48-45-42-39-18-15-12-9-6-3)65-59(62)53-50-47-44-41-38-36-34-31-26-24-22-20-17-14-11-8-5-2/h21,23-24,26-28,30,32,56H,4-20,22,25,29,31,33-55H2,1-3H3/b23-21-,26-24-,28-27-,32-30-. The fourth-order valence-corrected chi connectivity index (χ4v) is 8.03. The average molecular weight is 911 g/mol. The molecule has 1 unspecified atom stereocenters. The molecule has 0 amide bonds. The van der Waals surface area contributed by atoms with Crippen LogP contribution >= 0.6 is 0 Å². The fourth-order valence-electron chi connectivity index (χ4n) is 8.03. The maximum Gasteiger partial charge on any atom is 0.306 e. The highest BCUT2D eigenvalue weighted by atomic mass is 16.6. The van der Waals surface area contributed by atoms with Gasteiger partial charge in [-0.15, -0.1) is 0 Å². The van der Waals surface area contributed by atoms with Crippen molar-refractivity contribution >= 4 is 17.9 Å². The Morgan fingerprint density at radius 2 is 0.554 bits per heavy atom. The zero-order valence-electron chi connectivity index (χ0n) is 43.3. The summed E-state index contributed by atoms with van der Waals surface area (Å²) in [5.41, 5.74) is 0. The molecule has 0 aromatic carbocycles. The first-order chi connectivity index (χ1) is 32.0. The van der Waals surface area contributed by atoms with Crippen LogP contribution in [-0.4, -0.2) is 37.2 Å². The van der Waals surface area contributed by atoms with Gasteiger partial charge >= 0.3 is 17.9 Å². The van der Waals surface area contributed by atoms with Crippen molar-refractivity contribution in [1.29, 1.82) is 0 Å². The van der Waals surface area contributed by atoms with E-state index in [1.807, 2.05) is 0 Å². The Hall–Kier alpha value is -2.63. The Morgan fingerprint density at radius 1 is 0.308 bits per heavy atom. The van der Waals surface area contributed by atoms with Crippen LogP contribution in [0.15, 0.2) is 48.6 Å². The minimum absolute atomic E-state index is 0.0770. The third-order valence-corrected chi connectivity index (χ3v) is 12.3. The van der Waals surface area contributed by atoms with Crippen LogP contribution in [0.1, 0.15) is 290 Å². The predicted octanol–water partition coefficient (Wildman–Crippen LogP) is 18.7. The molecule has 0 N–H and O–H groups in total. The van der Waals surface area contributed by atoms with Gasteiger partial charge in [-0.2, -0.15) is 0 Å². The topological polar surface area (TPSA) is 78.9 Å². The van der Waals surface area contributed by atoms with E-state index in [1.165, 1.54) is 173 Å². The van der Waals surface area contributed by atoms with Gasteiger partial charge in [0.25, 0.3) is 0 Å². The molecular weight excluding hydrogens is 805 g/mol. The third-order valence-electron chi connectivity index (χ3n) is 12.3. The molecule has 0 aliphatic rings. The van der Waals surface area contributed by atoms with Gasteiger partial charge in [0.1, 0.15) is 13.2 Å². The monoisotopic (exact) mass is 911 g/mol. The summed E-state index contributed by atoms with van der Waals surface area (Å²) in [6.45, 7) is 6.61. The molecule has 378 valence electrons. The molecule has 1 atom stereocenters. The molecular formula is C59H106O6. The molecule has 0 radical (unpaired) electrons. The first-order valence-corrected chi connectivity index (χ1v) is 28.1. The van der Waals surface area contributed by atoms with Crippen LogP contribution in [-0.2, 0) is 28.6 Å². The van der Waals surface area contributed by atoms with E-state index in [-0.39, 0.29) is 31.1 Å². The van der Waals surface area contributed by atoms with Gasteiger partial charge in [-0.25, -0.2) is 0 Å². The molecule has 6 heteroatoms. The quantitative estimate of drug-likeness (QED) is 0.0262. The van der Waals surface area contributed by atoms with Crippen molar-refractivity contribution in [2.75, 3.05) is 13.2 Å². The normalized spacial score (nSPS) is 12.4. The maximum absolute atomic E-state index is 12.8. The predicted molar refractivity (Wildman–Crippen MR) is 279 cm³/mol. The number of unbranched alkanes of at least 4 members (excludes halogenated alkanes) is 32. The second-order valence-corrected chi connectivity index (χ2v) is 18.8. The van der Waals surface area contributed by atoms with Gasteiger partial charge in [0.05, 0.1) is 0 Å². The lowest BCUT2D eigenvalue weighted by Gasteiger charge is -2.18. The molecule has 0 saturated heterocycles. The van der Waals surface area contributed by atoms with Crippen LogP contribution in [0, 0.1) is 0 Å². The van der Waals surface area contributed by atoms with Crippen LogP contribution in [0.2, 0.25) is 0 Å². The molecule has 0 bridgehead atoms. The molecule has 0 saturated carbocycles. The van der Waals surface area contributed by atoms with Crippen molar-refractivity contribution in [2.24, 2.45) is 0 Å². The number of hydrogen-bond acceptors (Lipinski definition) is 6. The van der Waals surface area contributed by atoms with Gasteiger partial charge in [0.2, 0.25) is 0 Å². The first-order valence-electron chi connectivity index (χ1n) is 28.1. The minimum atomic E-state index is -0.777. The molecule has 0 aliphatic heterocycles. The summed E-state index contributed by atoms with van der Waals surface area (Å²) in [5, 5.41) is 0. The number of esters is 3. The lowest BCUT2D eigenvalue weighted by atomic mass is 10.1. The highest BCUT2D eigenvalue weighted by Crippen LogP contribution is 2.15. The van der Waals surface area contributed by atoms with Crippen LogP contribution < -0.4 is 0 Å². The van der Waals surface area contributed by atoms with Crippen LogP contribution in [0.5, 0.6) is 0 Å². The summed E-state index contributed by atoms with van der Waals surface area (Å²) >= 11 is 0. The lowest BCUT2D eigenvalue weighted by Crippen LogP contribution is -2.30. The van der Waals surface area contributed by atoms with Crippen LogP contribution in [0.4, 0.5) is 0 Å². The van der Waals surface area contributed by atoms with E-state index >= 15 is 0 Å². The highest BCUT2D eigenvalue weighted by Gasteiger charge is 2.19. The zero-order valence-corrected chi connectivity index (χ0v) is 43.3. The molecule has 65 heavy (non-hydrogen) atoms. The smallest absolute Gasteiger partial charge is 0.306 e. The summed E-state index contributed by atoms with van der Waals surface area (Å²) in [6, 6.07) is 0. The fraction of sp³-hybridized carbons (Fsp3) is 0.814. The molecule has 0 rings (SSSR count). The molecule has 0 aliphatic carbocycles. The Kier molecular flexibility index (Phi) is 51.8. The van der Waals surface area contributed by atoms with Gasteiger partial charge in [0, 0.05) is 19.3 Å². The van der Waals surface area contributed by atoms with Crippen molar-refractivity contribution in [1.82, 2.24) is 0 Å². The Bertz CT molecular complexity index is 1140. The number of hydrogen-bond donors (Lipinski definition) is 0. The Balaban J connectivity index is 4.30. The van der Waals surface area contributed by atoms with Gasteiger partial charge in [0.15, 0.2) is 6.10 Å².